The Morgan fingerprint density at radius 1 is 1.28 bits per heavy atom. The maximum absolute atomic E-state index is 14.2. The highest BCUT2D eigenvalue weighted by Crippen LogP contribution is 2.32. The van der Waals surface area contributed by atoms with Crippen LogP contribution in [0.2, 0.25) is 0 Å². The van der Waals surface area contributed by atoms with Gasteiger partial charge >= 0.3 is 0 Å². The van der Waals surface area contributed by atoms with Crippen LogP contribution in [0.25, 0.3) is 22.4 Å². The first-order valence-electron chi connectivity index (χ1n) is 9.00. The minimum Gasteiger partial charge on any atom is -0.479 e. The van der Waals surface area contributed by atoms with Gasteiger partial charge in [-0.2, -0.15) is 4.98 Å². The Morgan fingerprint density at radius 3 is 2.90 bits per heavy atom. The monoisotopic (exact) mass is 400 g/mol. The number of rotatable bonds is 4. The fourth-order valence-corrected chi connectivity index (χ4v) is 3.67. The van der Waals surface area contributed by atoms with Crippen LogP contribution in [0.4, 0.5) is 14.7 Å². The van der Waals surface area contributed by atoms with Crippen molar-refractivity contribution in [3.8, 4) is 17.0 Å². The lowest BCUT2D eigenvalue weighted by Gasteiger charge is -2.19. The number of likely N-dealkylation sites (tertiary alicyclic amines) is 1. The van der Waals surface area contributed by atoms with E-state index in [9.17, 15) is 8.78 Å². The summed E-state index contributed by atoms with van der Waals surface area (Å²) in [5, 5.41) is 7.12. The largest absolute Gasteiger partial charge is 0.479 e. The number of nitrogens with zero attached hydrogens (tertiary/aromatic N) is 7. The van der Waals surface area contributed by atoms with Crippen LogP contribution in [0, 0.1) is 0 Å². The number of imidazole rings is 1. The minimum atomic E-state index is -2.87. The molecule has 1 saturated heterocycles. The van der Waals surface area contributed by atoms with E-state index in [1.54, 1.807) is 45.7 Å². The second-order valence-corrected chi connectivity index (χ2v) is 7.10. The molecule has 0 saturated carbocycles. The van der Waals surface area contributed by atoms with Crippen LogP contribution in [0.5, 0.6) is 5.88 Å². The van der Waals surface area contributed by atoms with E-state index in [1.165, 1.54) is 7.11 Å². The third-order valence-electron chi connectivity index (χ3n) is 5.02. The van der Waals surface area contributed by atoms with Crippen molar-refractivity contribution in [1.82, 2.24) is 33.9 Å². The molecule has 5 rings (SSSR count). The molecule has 1 N–H and O–H groups in total. The first-order valence-corrected chi connectivity index (χ1v) is 9.00. The number of hydrogen-bond acceptors (Lipinski definition) is 7. The van der Waals surface area contributed by atoms with Gasteiger partial charge in [0.05, 0.1) is 13.7 Å². The van der Waals surface area contributed by atoms with Crippen LogP contribution in [0.15, 0.2) is 37.1 Å². The van der Waals surface area contributed by atoms with Crippen LogP contribution in [0.1, 0.15) is 0 Å². The zero-order chi connectivity index (χ0) is 20.2. The zero-order valence-corrected chi connectivity index (χ0v) is 15.8. The summed E-state index contributed by atoms with van der Waals surface area (Å²) in [6, 6.07) is 0.783. The van der Waals surface area contributed by atoms with Gasteiger partial charge in [0.1, 0.15) is 11.6 Å². The van der Waals surface area contributed by atoms with Gasteiger partial charge in [-0.1, -0.05) is 0 Å². The fourth-order valence-electron chi connectivity index (χ4n) is 3.67. The Labute approximate surface area is 164 Å². The van der Waals surface area contributed by atoms with Gasteiger partial charge in [0.2, 0.25) is 17.6 Å². The van der Waals surface area contributed by atoms with Crippen molar-refractivity contribution in [1.29, 1.82) is 0 Å². The number of hydrogen-bond donors (Lipinski definition) is 1. The lowest BCUT2D eigenvalue weighted by molar-refractivity contribution is 0.00583. The summed E-state index contributed by atoms with van der Waals surface area (Å²) >= 11 is 0. The number of nitrogens with one attached hydrogen (secondary N) is 1. The lowest BCUT2D eigenvalue weighted by Crippen LogP contribution is -2.38. The van der Waals surface area contributed by atoms with Gasteiger partial charge in [0.15, 0.2) is 0 Å². The molecule has 0 bridgehead atoms. The van der Waals surface area contributed by atoms with E-state index in [2.05, 4.69) is 25.4 Å². The predicted molar refractivity (Wildman–Crippen MR) is 101 cm³/mol. The standard InChI is InChI=1S/C18H18F2N8O/c1-26-9-13(18(19,20)10-26)23-16-24-15(29-2)14-12(3-5-28(14)25-16)11-7-22-17-21-4-6-27(17)8-11/h3-8,13H,9-10H2,1-2H3,(H,23,25)/t13-/m1/s1. The number of fused-ring (bicyclic) bond motifs is 2. The van der Waals surface area contributed by atoms with Crippen molar-refractivity contribution in [3.63, 3.8) is 0 Å². The highest BCUT2D eigenvalue weighted by molar-refractivity contribution is 5.84. The van der Waals surface area contributed by atoms with Crippen molar-refractivity contribution in [2.24, 2.45) is 0 Å². The van der Waals surface area contributed by atoms with Gasteiger partial charge in [-0.05, 0) is 13.1 Å². The van der Waals surface area contributed by atoms with Gasteiger partial charge in [0.25, 0.3) is 5.92 Å². The van der Waals surface area contributed by atoms with Crippen molar-refractivity contribution < 1.29 is 13.5 Å². The maximum atomic E-state index is 14.2. The Bertz CT molecular complexity index is 1200. The summed E-state index contributed by atoms with van der Waals surface area (Å²) < 4.78 is 37.1. The highest BCUT2D eigenvalue weighted by Gasteiger charge is 2.47. The van der Waals surface area contributed by atoms with Gasteiger partial charge < -0.3 is 10.1 Å². The van der Waals surface area contributed by atoms with E-state index in [0.717, 1.165) is 11.1 Å². The molecule has 0 aliphatic carbocycles. The summed E-state index contributed by atoms with van der Waals surface area (Å²) in [7, 11) is 3.14. The van der Waals surface area contributed by atoms with E-state index < -0.39 is 12.0 Å². The quantitative estimate of drug-likeness (QED) is 0.559. The van der Waals surface area contributed by atoms with Crippen LogP contribution in [0.3, 0.4) is 0 Å². The fraction of sp³-hybridized carbons (Fsp3) is 0.333. The molecule has 1 aliphatic rings. The second kappa shape index (κ2) is 6.34. The Hall–Kier alpha value is -3.34. The minimum absolute atomic E-state index is 0.0830. The van der Waals surface area contributed by atoms with E-state index in [4.69, 9.17) is 4.74 Å². The van der Waals surface area contributed by atoms with Crippen LogP contribution in [-0.2, 0) is 0 Å². The van der Waals surface area contributed by atoms with Gasteiger partial charge in [0, 0.05) is 48.7 Å². The van der Waals surface area contributed by atoms with E-state index in [1.807, 2.05) is 12.3 Å². The summed E-state index contributed by atoms with van der Waals surface area (Å²) in [4.78, 5) is 14.4. The number of likely N-dealkylation sites (N-methyl/N-ethyl adjacent to an activating group) is 1. The predicted octanol–water partition coefficient (Wildman–Crippen LogP) is 1.81. The van der Waals surface area contributed by atoms with Gasteiger partial charge in [-0.3, -0.25) is 9.30 Å². The number of ether oxygens (including phenoxy) is 1. The highest BCUT2D eigenvalue weighted by atomic mass is 19.3. The van der Waals surface area contributed by atoms with Crippen LogP contribution >= 0.6 is 0 Å². The van der Waals surface area contributed by atoms with Crippen molar-refractivity contribution in [2.75, 3.05) is 32.6 Å². The molecule has 29 heavy (non-hydrogen) atoms. The van der Waals surface area contributed by atoms with E-state index in [0.29, 0.717) is 11.3 Å². The Kier molecular flexibility index (Phi) is 3.88. The topological polar surface area (TPSA) is 84.9 Å². The average molecular weight is 400 g/mol. The first kappa shape index (κ1) is 17.7. The molecule has 0 spiro atoms. The maximum Gasteiger partial charge on any atom is 0.281 e. The van der Waals surface area contributed by atoms with Crippen LogP contribution in [-0.4, -0.2) is 73.1 Å². The molecule has 150 valence electrons. The average Bonchev–Trinajstić information content (AvgIpc) is 3.37. The van der Waals surface area contributed by atoms with Crippen molar-refractivity contribution in [3.05, 3.63) is 37.1 Å². The Balaban J connectivity index is 1.55. The molecule has 1 atom stereocenters. The normalized spacial score (nSPS) is 19.2. The molecular weight excluding hydrogens is 382 g/mol. The smallest absolute Gasteiger partial charge is 0.281 e. The van der Waals surface area contributed by atoms with Crippen molar-refractivity contribution in [2.45, 2.75) is 12.0 Å². The van der Waals surface area contributed by atoms with Crippen molar-refractivity contribution >= 4 is 17.2 Å². The lowest BCUT2D eigenvalue weighted by atomic mass is 10.1. The SMILES string of the molecule is COc1nc(N[C@@H]2CN(C)CC2(F)F)nn2ccc(-c3cnc4nccn4c3)c12. The molecular formula is C18H18F2N8O. The molecule has 1 aliphatic heterocycles. The van der Waals surface area contributed by atoms with Crippen LogP contribution < -0.4 is 10.1 Å². The molecule has 5 heterocycles. The summed E-state index contributed by atoms with van der Waals surface area (Å²) in [6.45, 7) is -0.105. The number of anilines is 1. The Morgan fingerprint density at radius 2 is 2.14 bits per heavy atom. The molecule has 0 unspecified atom stereocenters. The second-order valence-electron chi connectivity index (χ2n) is 7.10. The summed E-state index contributed by atoms with van der Waals surface area (Å²) in [6.07, 6.45) is 8.81. The number of halogens is 2. The molecule has 1 fully saturated rings. The molecule has 0 aromatic carbocycles. The van der Waals surface area contributed by atoms with Gasteiger partial charge in [-0.25, -0.2) is 23.3 Å². The molecule has 4 aromatic rings. The summed E-state index contributed by atoms with van der Waals surface area (Å²) in [5.41, 5.74) is 2.25. The zero-order valence-electron chi connectivity index (χ0n) is 15.8. The number of aromatic nitrogens is 6. The third kappa shape index (κ3) is 2.94. The van der Waals surface area contributed by atoms with E-state index >= 15 is 0 Å². The number of alkyl halides is 2. The molecule has 0 amide bonds. The molecule has 4 aromatic heterocycles. The number of methoxy groups -OCH3 is 1. The molecule has 9 nitrogen and oxygen atoms in total. The van der Waals surface area contributed by atoms with Gasteiger partial charge in [-0.15, -0.1) is 5.10 Å². The molecule has 0 radical (unpaired) electrons. The first-order chi connectivity index (χ1) is 13.9. The van der Waals surface area contributed by atoms with E-state index in [-0.39, 0.29) is 24.9 Å². The summed E-state index contributed by atoms with van der Waals surface area (Å²) in [5.74, 6) is -1.91. The molecule has 11 heteroatoms. The third-order valence-corrected chi connectivity index (χ3v) is 5.02.